The van der Waals surface area contributed by atoms with Gasteiger partial charge in [0.1, 0.15) is 5.60 Å². The molecule has 0 aromatic carbocycles. The van der Waals surface area contributed by atoms with E-state index in [1.54, 1.807) is 27.7 Å². The molecular weight excluding hydrogens is 260 g/mol. The van der Waals surface area contributed by atoms with Crippen LogP contribution in [-0.4, -0.2) is 41.0 Å². The van der Waals surface area contributed by atoms with Gasteiger partial charge >= 0.3 is 6.09 Å². The van der Waals surface area contributed by atoms with E-state index in [1.807, 2.05) is 0 Å². The molecule has 6 heteroatoms. The fourth-order valence-electron chi connectivity index (χ4n) is 2.27. The Hall–Kier alpha value is -1.46. The Morgan fingerprint density at radius 1 is 1.35 bits per heavy atom. The number of hydrogen-bond acceptors (Lipinski definition) is 5. The SMILES string of the molecule is CC(CC(=O)C1CCCCN1C(=O)OC(C)(C)C)N=O. The number of ether oxygens (including phenoxy) is 1. The van der Waals surface area contributed by atoms with Crippen LogP contribution in [0.1, 0.15) is 53.4 Å². The molecule has 2 unspecified atom stereocenters. The molecule has 0 radical (unpaired) electrons. The van der Waals surface area contributed by atoms with Crippen molar-refractivity contribution in [3.8, 4) is 0 Å². The van der Waals surface area contributed by atoms with Crippen molar-refractivity contribution < 1.29 is 14.3 Å². The van der Waals surface area contributed by atoms with Gasteiger partial charge in [0.15, 0.2) is 5.78 Å². The highest BCUT2D eigenvalue weighted by atomic mass is 16.6. The highest BCUT2D eigenvalue weighted by Gasteiger charge is 2.34. The maximum absolute atomic E-state index is 12.2. The quantitative estimate of drug-likeness (QED) is 0.744. The first-order valence-corrected chi connectivity index (χ1v) is 7.09. The zero-order valence-electron chi connectivity index (χ0n) is 12.7. The molecule has 0 N–H and O–H groups in total. The van der Waals surface area contributed by atoms with Crippen molar-refractivity contribution in [2.45, 2.75) is 71.1 Å². The Morgan fingerprint density at radius 2 is 2.00 bits per heavy atom. The molecule has 1 aliphatic heterocycles. The molecule has 0 aliphatic carbocycles. The van der Waals surface area contributed by atoms with E-state index in [0.717, 1.165) is 12.8 Å². The Labute approximate surface area is 119 Å². The summed E-state index contributed by atoms with van der Waals surface area (Å²) >= 11 is 0. The average Bonchev–Trinajstić information content (AvgIpc) is 2.36. The predicted molar refractivity (Wildman–Crippen MR) is 75.5 cm³/mol. The summed E-state index contributed by atoms with van der Waals surface area (Å²) in [6.07, 6.45) is 2.02. The first-order valence-electron chi connectivity index (χ1n) is 7.09. The number of carbonyl (C=O) groups is 2. The largest absolute Gasteiger partial charge is 0.444 e. The van der Waals surface area contributed by atoms with E-state index in [9.17, 15) is 14.5 Å². The molecule has 20 heavy (non-hydrogen) atoms. The minimum atomic E-state index is -0.584. The van der Waals surface area contributed by atoms with Crippen LogP contribution in [0.25, 0.3) is 0 Å². The monoisotopic (exact) mass is 284 g/mol. The first-order chi connectivity index (χ1) is 9.24. The lowest BCUT2D eigenvalue weighted by Gasteiger charge is -2.36. The second kappa shape index (κ2) is 6.81. The number of rotatable bonds is 4. The van der Waals surface area contributed by atoms with E-state index >= 15 is 0 Å². The van der Waals surface area contributed by atoms with Gasteiger partial charge in [-0.3, -0.25) is 9.69 Å². The highest BCUT2D eigenvalue weighted by molar-refractivity contribution is 5.88. The Morgan fingerprint density at radius 3 is 2.55 bits per heavy atom. The summed E-state index contributed by atoms with van der Waals surface area (Å²) in [5.74, 6) is -0.109. The van der Waals surface area contributed by atoms with Crippen LogP contribution in [0.2, 0.25) is 0 Å². The fourth-order valence-corrected chi connectivity index (χ4v) is 2.27. The van der Waals surface area contributed by atoms with Crippen LogP contribution < -0.4 is 0 Å². The third kappa shape index (κ3) is 4.90. The van der Waals surface area contributed by atoms with Gasteiger partial charge in [-0.25, -0.2) is 4.79 Å². The van der Waals surface area contributed by atoms with Crippen molar-refractivity contribution in [3.05, 3.63) is 4.91 Å². The van der Waals surface area contributed by atoms with Crippen LogP contribution in [0, 0.1) is 4.91 Å². The zero-order chi connectivity index (χ0) is 15.3. The van der Waals surface area contributed by atoms with Crippen molar-refractivity contribution in [2.75, 3.05) is 6.54 Å². The summed E-state index contributed by atoms with van der Waals surface area (Å²) in [7, 11) is 0. The van der Waals surface area contributed by atoms with Gasteiger partial charge in [0, 0.05) is 13.0 Å². The van der Waals surface area contributed by atoms with Crippen molar-refractivity contribution in [3.63, 3.8) is 0 Å². The van der Waals surface area contributed by atoms with Gasteiger partial charge in [0.2, 0.25) is 0 Å². The minimum absolute atomic E-state index is 0.0768. The molecule has 2 atom stereocenters. The van der Waals surface area contributed by atoms with E-state index in [2.05, 4.69) is 5.18 Å². The van der Waals surface area contributed by atoms with Gasteiger partial charge in [-0.05, 0) is 47.0 Å². The van der Waals surface area contributed by atoms with Crippen LogP contribution in [0.3, 0.4) is 0 Å². The zero-order valence-corrected chi connectivity index (χ0v) is 12.7. The average molecular weight is 284 g/mol. The lowest BCUT2D eigenvalue weighted by molar-refractivity contribution is -0.125. The molecule has 1 saturated heterocycles. The minimum Gasteiger partial charge on any atom is -0.444 e. The van der Waals surface area contributed by atoms with Crippen LogP contribution in [-0.2, 0) is 9.53 Å². The molecule has 1 amide bonds. The third-order valence-corrected chi connectivity index (χ3v) is 3.18. The molecular formula is C14H24N2O4. The van der Waals surface area contributed by atoms with Crippen molar-refractivity contribution >= 4 is 11.9 Å². The van der Waals surface area contributed by atoms with E-state index in [0.29, 0.717) is 13.0 Å². The lowest BCUT2D eigenvalue weighted by atomic mass is 9.95. The van der Waals surface area contributed by atoms with Crippen LogP contribution in [0.15, 0.2) is 5.18 Å². The number of nitroso groups, excluding NO2 is 1. The molecule has 1 fully saturated rings. The van der Waals surface area contributed by atoms with Crippen LogP contribution in [0.4, 0.5) is 4.79 Å². The normalized spacial score (nSPS) is 21.2. The standard InChI is InChI=1S/C14H24N2O4/c1-10(15-19)9-12(17)11-7-5-6-8-16(11)13(18)20-14(2,3)4/h10-11H,5-9H2,1-4H3. The second-order valence-electron chi connectivity index (χ2n) is 6.31. The summed E-state index contributed by atoms with van der Waals surface area (Å²) in [5, 5.41) is 2.85. The maximum atomic E-state index is 12.2. The van der Waals surface area contributed by atoms with Gasteiger partial charge < -0.3 is 4.74 Å². The van der Waals surface area contributed by atoms with E-state index in [-0.39, 0.29) is 12.2 Å². The fraction of sp³-hybridized carbons (Fsp3) is 0.857. The third-order valence-electron chi connectivity index (χ3n) is 3.18. The predicted octanol–water partition coefficient (Wildman–Crippen LogP) is 2.89. The van der Waals surface area contributed by atoms with Crippen LogP contribution >= 0.6 is 0 Å². The van der Waals surface area contributed by atoms with Gasteiger partial charge in [0.25, 0.3) is 0 Å². The molecule has 1 rings (SSSR count). The molecule has 6 nitrogen and oxygen atoms in total. The van der Waals surface area contributed by atoms with Gasteiger partial charge in [-0.2, -0.15) is 4.91 Å². The summed E-state index contributed by atoms with van der Waals surface area (Å²) in [6.45, 7) is 7.51. The number of ketones is 1. The lowest BCUT2D eigenvalue weighted by Crippen LogP contribution is -2.50. The highest BCUT2D eigenvalue weighted by Crippen LogP contribution is 2.22. The Kier molecular flexibility index (Phi) is 5.65. The van der Waals surface area contributed by atoms with Gasteiger partial charge in [-0.15, -0.1) is 0 Å². The number of nitrogens with zero attached hydrogens (tertiary/aromatic N) is 2. The first kappa shape index (κ1) is 16.6. The van der Waals surface area contributed by atoms with Crippen molar-refractivity contribution in [1.82, 2.24) is 4.90 Å². The summed E-state index contributed by atoms with van der Waals surface area (Å²) in [4.78, 5) is 36.3. The van der Waals surface area contributed by atoms with E-state index in [1.165, 1.54) is 4.90 Å². The van der Waals surface area contributed by atoms with Gasteiger partial charge in [-0.1, -0.05) is 5.18 Å². The number of piperidine rings is 1. The van der Waals surface area contributed by atoms with Crippen molar-refractivity contribution in [2.24, 2.45) is 5.18 Å². The van der Waals surface area contributed by atoms with Gasteiger partial charge in [0.05, 0.1) is 12.1 Å². The number of likely N-dealkylation sites (tertiary alicyclic amines) is 1. The Balaban J connectivity index is 2.73. The van der Waals surface area contributed by atoms with Crippen LogP contribution in [0.5, 0.6) is 0 Å². The molecule has 0 spiro atoms. The summed E-state index contributed by atoms with van der Waals surface area (Å²) < 4.78 is 5.34. The number of amides is 1. The molecule has 1 heterocycles. The topological polar surface area (TPSA) is 76.0 Å². The molecule has 0 saturated carbocycles. The Bertz CT molecular complexity index is 376. The smallest absolute Gasteiger partial charge is 0.410 e. The molecule has 0 bridgehead atoms. The maximum Gasteiger partial charge on any atom is 0.410 e. The summed E-state index contributed by atoms with van der Waals surface area (Å²) in [6, 6.07) is -1.03. The second-order valence-corrected chi connectivity index (χ2v) is 6.31. The van der Waals surface area contributed by atoms with E-state index < -0.39 is 23.8 Å². The number of carbonyl (C=O) groups excluding carboxylic acids is 2. The molecule has 1 aliphatic rings. The molecule has 0 aromatic heterocycles. The number of Topliss-reactive ketones (excluding diaryl/α,β-unsaturated/α-hetero) is 1. The molecule has 114 valence electrons. The van der Waals surface area contributed by atoms with Crippen molar-refractivity contribution in [1.29, 1.82) is 0 Å². The van der Waals surface area contributed by atoms with E-state index in [4.69, 9.17) is 4.74 Å². The number of hydrogen-bond donors (Lipinski definition) is 0. The molecule has 0 aromatic rings. The summed E-state index contributed by atoms with van der Waals surface area (Å²) in [5.41, 5.74) is -0.584.